The second-order valence-electron chi connectivity index (χ2n) is 4.13. The zero-order valence-corrected chi connectivity index (χ0v) is 9.92. The Labute approximate surface area is 100 Å². The minimum Gasteiger partial charge on any atom is -0.404 e. The maximum absolute atomic E-state index is 5.33. The van der Waals surface area contributed by atoms with Crippen LogP contribution in [0.4, 0.5) is 6.01 Å². The van der Waals surface area contributed by atoms with Gasteiger partial charge >= 0.3 is 6.01 Å². The number of hydrogen-bond acceptors (Lipinski definition) is 4. The molecule has 0 atom stereocenters. The molecule has 0 amide bonds. The Hall–Kier alpha value is -2.10. The van der Waals surface area contributed by atoms with Crippen LogP contribution < -0.4 is 5.73 Å². The van der Waals surface area contributed by atoms with E-state index < -0.39 is 0 Å². The van der Waals surface area contributed by atoms with E-state index in [-0.39, 0.29) is 6.01 Å². The third kappa shape index (κ3) is 2.93. The Morgan fingerprint density at radius 2 is 1.82 bits per heavy atom. The average Bonchev–Trinajstić information content (AvgIpc) is 2.73. The molecule has 0 saturated heterocycles. The molecule has 0 bridgehead atoms. The van der Waals surface area contributed by atoms with Crippen molar-refractivity contribution in [3.05, 3.63) is 41.3 Å². The summed E-state index contributed by atoms with van der Waals surface area (Å²) < 4.78 is 5.04. The summed E-state index contributed by atoms with van der Waals surface area (Å²) >= 11 is 0. The molecular formula is C13H15N3O. The van der Waals surface area contributed by atoms with Crippen LogP contribution in [0.1, 0.15) is 36.8 Å². The summed E-state index contributed by atoms with van der Waals surface area (Å²) in [7, 11) is 0. The molecule has 2 rings (SSSR count). The van der Waals surface area contributed by atoms with Gasteiger partial charge in [0, 0.05) is 6.08 Å². The Balaban J connectivity index is 2.11. The molecular weight excluding hydrogens is 214 g/mol. The monoisotopic (exact) mass is 229 g/mol. The average molecular weight is 229 g/mol. The standard InChI is InChI=1S/C13H15N3O/c1-9(2)11-6-3-10(4-7-11)5-8-12-15-16-13(14)17-12/h3-9H,1-2H3,(H2,14,16)/b8-5+. The Bertz CT molecular complexity index is 512. The van der Waals surface area contributed by atoms with Crippen molar-refractivity contribution in [1.29, 1.82) is 0 Å². The predicted molar refractivity (Wildman–Crippen MR) is 68.2 cm³/mol. The zero-order chi connectivity index (χ0) is 12.3. The maximum Gasteiger partial charge on any atom is 0.313 e. The van der Waals surface area contributed by atoms with E-state index in [0.717, 1.165) is 5.56 Å². The molecule has 1 heterocycles. The highest BCUT2D eigenvalue weighted by Crippen LogP contribution is 2.16. The van der Waals surface area contributed by atoms with Gasteiger partial charge in [0.05, 0.1) is 0 Å². The van der Waals surface area contributed by atoms with Crippen molar-refractivity contribution in [2.75, 3.05) is 5.73 Å². The summed E-state index contributed by atoms with van der Waals surface area (Å²) in [5, 5.41) is 7.32. The molecule has 4 nitrogen and oxygen atoms in total. The first-order valence-corrected chi connectivity index (χ1v) is 5.52. The molecule has 1 aromatic carbocycles. The molecule has 4 heteroatoms. The lowest BCUT2D eigenvalue weighted by Gasteiger charge is -2.04. The van der Waals surface area contributed by atoms with Gasteiger partial charge in [0.2, 0.25) is 5.89 Å². The number of aromatic nitrogens is 2. The third-order valence-corrected chi connectivity index (χ3v) is 2.48. The molecule has 0 radical (unpaired) electrons. The fraction of sp³-hybridized carbons (Fsp3) is 0.231. The summed E-state index contributed by atoms with van der Waals surface area (Å²) in [6.45, 7) is 4.35. The van der Waals surface area contributed by atoms with Crippen LogP contribution >= 0.6 is 0 Å². The topological polar surface area (TPSA) is 64.9 Å². The van der Waals surface area contributed by atoms with Crippen LogP contribution in [0, 0.1) is 0 Å². The van der Waals surface area contributed by atoms with Gasteiger partial charge in [0.1, 0.15) is 0 Å². The van der Waals surface area contributed by atoms with Gasteiger partial charge < -0.3 is 10.2 Å². The van der Waals surface area contributed by atoms with E-state index in [2.05, 4.69) is 48.3 Å². The van der Waals surface area contributed by atoms with Crippen molar-refractivity contribution in [3.8, 4) is 0 Å². The molecule has 0 aliphatic carbocycles. The quantitative estimate of drug-likeness (QED) is 0.878. The number of nitrogen functional groups attached to an aromatic ring is 1. The van der Waals surface area contributed by atoms with Crippen molar-refractivity contribution in [1.82, 2.24) is 10.2 Å². The van der Waals surface area contributed by atoms with Crippen molar-refractivity contribution >= 4 is 18.2 Å². The van der Waals surface area contributed by atoms with Gasteiger partial charge in [0.25, 0.3) is 0 Å². The number of rotatable bonds is 3. The minimum absolute atomic E-state index is 0.0832. The van der Waals surface area contributed by atoms with Gasteiger partial charge in [0.15, 0.2) is 0 Å². The van der Waals surface area contributed by atoms with E-state index >= 15 is 0 Å². The molecule has 0 saturated carbocycles. The summed E-state index contributed by atoms with van der Waals surface area (Å²) in [4.78, 5) is 0. The lowest BCUT2D eigenvalue weighted by molar-refractivity contribution is 0.563. The SMILES string of the molecule is CC(C)c1ccc(/C=C/c2nnc(N)o2)cc1. The molecule has 1 aromatic heterocycles. The van der Waals surface area contributed by atoms with E-state index in [9.17, 15) is 0 Å². The van der Waals surface area contributed by atoms with Gasteiger partial charge in [-0.15, -0.1) is 5.10 Å². The highest BCUT2D eigenvalue weighted by molar-refractivity contribution is 5.66. The van der Waals surface area contributed by atoms with E-state index in [4.69, 9.17) is 10.2 Å². The first-order chi connectivity index (χ1) is 8.15. The number of hydrogen-bond donors (Lipinski definition) is 1. The maximum atomic E-state index is 5.33. The molecule has 88 valence electrons. The summed E-state index contributed by atoms with van der Waals surface area (Å²) in [5.74, 6) is 0.958. The molecule has 2 aromatic rings. The zero-order valence-electron chi connectivity index (χ0n) is 9.92. The van der Waals surface area contributed by atoms with Gasteiger partial charge in [-0.1, -0.05) is 43.2 Å². The first-order valence-electron chi connectivity index (χ1n) is 5.52. The van der Waals surface area contributed by atoms with Crippen molar-refractivity contribution in [2.45, 2.75) is 19.8 Å². The van der Waals surface area contributed by atoms with E-state index in [1.54, 1.807) is 6.08 Å². The van der Waals surface area contributed by atoms with Crippen LogP contribution in [0.5, 0.6) is 0 Å². The van der Waals surface area contributed by atoms with E-state index in [1.807, 2.05) is 6.08 Å². The molecule has 0 aliphatic heterocycles. The van der Waals surface area contributed by atoms with Crippen molar-refractivity contribution < 1.29 is 4.42 Å². The second kappa shape index (κ2) is 4.82. The number of nitrogens with two attached hydrogens (primary N) is 1. The molecule has 2 N–H and O–H groups in total. The fourth-order valence-corrected chi connectivity index (χ4v) is 1.47. The van der Waals surface area contributed by atoms with Crippen LogP contribution in [0.2, 0.25) is 0 Å². The van der Waals surface area contributed by atoms with Crippen LogP contribution in [-0.2, 0) is 0 Å². The molecule has 0 unspecified atom stereocenters. The third-order valence-electron chi connectivity index (χ3n) is 2.48. The minimum atomic E-state index is 0.0832. The normalized spacial score (nSPS) is 11.5. The lowest BCUT2D eigenvalue weighted by atomic mass is 10.0. The van der Waals surface area contributed by atoms with Gasteiger partial charge in [-0.05, 0) is 23.1 Å². The highest BCUT2D eigenvalue weighted by atomic mass is 16.4. The van der Waals surface area contributed by atoms with Gasteiger partial charge in [-0.25, -0.2) is 0 Å². The van der Waals surface area contributed by atoms with E-state index in [0.29, 0.717) is 11.8 Å². The number of benzene rings is 1. The predicted octanol–water partition coefficient (Wildman–Crippen LogP) is 2.95. The Kier molecular flexibility index (Phi) is 3.23. The summed E-state index contributed by atoms with van der Waals surface area (Å²) in [5.41, 5.74) is 7.74. The molecule has 17 heavy (non-hydrogen) atoms. The molecule has 0 aliphatic rings. The highest BCUT2D eigenvalue weighted by Gasteiger charge is 1.99. The van der Waals surface area contributed by atoms with Crippen LogP contribution in [-0.4, -0.2) is 10.2 Å². The summed E-state index contributed by atoms with van der Waals surface area (Å²) in [6, 6.07) is 8.44. The van der Waals surface area contributed by atoms with Crippen LogP contribution in [0.3, 0.4) is 0 Å². The lowest BCUT2D eigenvalue weighted by Crippen LogP contribution is -1.85. The Morgan fingerprint density at radius 3 is 2.35 bits per heavy atom. The smallest absolute Gasteiger partial charge is 0.313 e. The largest absolute Gasteiger partial charge is 0.404 e. The molecule has 0 spiro atoms. The van der Waals surface area contributed by atoms with Gasteiger partial charge in [-0.3, -0.25) is 0 Å². The summed E-state index contributed by atoms with van der Waals surface area (Å²) in [6.07, 6.45) is 3.66. The van der Waals surface area contributed by atoms with Crippen LogP contribution in [0.15, 0.2) is 28.7 Å². The Morgan fingerprint density at radius 1 is 1.12 bits per heavy atom. The van der Waals surface area contributed by atoms with Gasteiger partial charge in [-0.2, -0.15) is 0 Å². The first kappa shape index (κ1) is 11.4. The molecule has 0 fully saturated rings. The number of anilines is 1. The van der Waals surface area contributed by atoms with Crippen LogP contribution in [0.25, 0.3) is 12.2 Å². The second-order valence-corrected chi connectivity index (χ2v) is 4.13. The van der Waals surface area contributed by atoms with Crippen molar-refractivity contribution in [2.24, 2.45) is 0 Å². The number of nitrogens with zero attached hydrogens (tertiary/aromatic N) is 2. The van der Waals surface area contributed by atoms with E-state index in [1.165, 1.54) is 5.56 Å². The van der Waals surface area contributed by atoms with Crippen molar-refractivity contribution in [3.63, 3.8) is 0 Å². The fourth-order valence-electron chi connectivity index (χ4n) is 1.47.